The Morgan fingerprint density at radius 1 is 1.07 bits per heavy atom. The molecule has 0 spiro atoms. The van der Waals surface area contributed by atoms with Crippen LogP contribution in [0.1, 0.15) is 27.1 Å². The molecule has 1 aromatic carbocycles. The molecule has 2 heterocycles. The lowest BCUT2D eigenvalue weighted by molar-refractivity contribution is 0.0746. The first-order valence-electron chi connectivity index (χ1n) is 9.71. The number of anilines is 1. The van der Waals surface area contributed by atoms with Crippen molar-refractivity contribution in [1.82, 2.24) is 15.2 Å². The maximum absolute atomic E-state index is 12.7. The molecule has 1 saturated heterocycles. The van der Waals surface area contributed by atoms with Gasteiger partial charge in [-0.05, 0) is 36.8 Å². The van der Waals surface area contributed by atoms with E-state index in [-0.39, 0.29) is 11.8 Å². The van der Waals surface area contributed by atoms with Gasteiger partial charge in [0.15, 0.2) is 0 Å². The Balaban J connectivity index is 1.53. The Morgan fingerprint density at radius 3 is 2.37 bits per heavy atom. The van der Waals surface area contributed by atoms with Gasteiger partial charge in [0.2, 0.25) is 0 Å². The second kappa shape index (κ2) is 10.6. The number of carbonyl (C=O) groups excluding carboxylic acids is 2. The minimum Gasteiger partial charge on any atom is -0.385 e. The van der Waals surface area contributed by atoms with E-state index in [2.05, 4.69) is 15.2 Å². The van der Waals surface area contributed by atoms with Crippen LogP contribution in [0.5, 0.6) is 0 Å². The van der Waals surface area contributed by atoms with Gasteiger partial charge >= 0.3 is 0 Å². The van der Waals surface area contributed by atoms with Gasteiger partial charge in [0.1, 0.15) is 5.82 Å². The molecule has 1 aliphatic heterocycles. The Bertz CT molecular complexity index is 864. The highest BCUT2D eigenvalue weighted by Crippen LogP contribution is 2.21. The van der Waals surface area contributed by atoms with Gasteiger partial charge in [0.05, 0.1) is 5.56 Å². The van der Waals surface area contributed by atoms with Gasteiger partial charge in [-0.15, -0.1) is 0 Å². The van der Waals surface area contributed by atoms with E-state index in [4.69, 9.17) is 27.9 Å². The number of amides is 2. The van der Waals surface area contributed by atoms with Crippen LogP contribution in [-0.2, 0) is 4.74 Å². The van der Waals surface area contributed by atoms with Gasteiger partial charge in [-0.1, -0.05) is 23.2 Å². The fraction of sp³-hybridized carbons (Fsp3) is 0.381. The van der Waals surface area contributed by atoms with E-state index >= 15 is 0 Å². The van der Waals surface area contributed by atoms with Crippen LogP contribution in [0.4, 0.5) is 5.82 Å². The number of rotatable bonds is 7. The molecule has 0 atom stereocenters. The van der Waals surface area contributed by atoms with Crippen molar-refractivity contribution in [1.29, 1.82) is 0 Å². The van der Waals surface area contributed by atoms with Crippen LogP contribution in [0.25, 0.3) is 0 Å². The quantitative estimate of drug-likeness (QED) is 0.655. The van der Waals surface area contributed by atoms with Gasteiger partial charge in [0.25, 0.3) is 11.8 Å². The van der Waals surface area contributed by atoms with Crippen LogP contribution in [0.3, 0.4) is 0 Å². The Labute approximate surface area is 185 Å². The molecule has 0 bridgehead atoms. The van der Waals surface area contributed by atoms with Crippen LogP contribution in [-0.4, -0.2) is 68.1 Å². The molecule has 160 valence electrons. The number of nitrogens with zero attached hydrogens (tertiary/aromatic N) is 3. The number of halogens is 2. The molecular weight excluding hydrogens is 427 g/mol. The zero-order valence-electron chi connectivity index (χ0n) is 16.7. The lowest BCUT2D eigenvalue weighted by Crippen LogP contribution is -2.49. The molecular formula is C21H24Cl2N4O3. The number of aromatic nitrogens is 1. The summed E-state index contributed by atoms with van der Waals surface area (Å²) in [4.78, 5) is 33.1. The summed E-state index contributed by atoms with van der Waals surface area (Å²) in [6, 6.07) is 8.45. The SMILES string of the molecule is COCCCNC(=O)c1ccc(N2CCN(C(=O)c3cc(Cl)cc(Cl)c3)CC2)nc1. The molecule has 1 aromatic heterocycles. The van der Waals surface area contributed by atoms with Crippen molar-refractivity contribution in [3.05, 3.63) is 57.7 Å². The largest absolute Gasteiger partial charge is 0.385 e. The Hall–Kier alpha value is -2.35. The van der Waals surface area contributed by atoms with Gasteiger partial charge in [-0.3, -0.25) is 9.59 Å². The minimum absolute atomic E-state index is 0.0903. The Kier molecular flexibility index (Phi) is 7.90. The van der Waals surface area contributed by atoms with E-state index in [1.807, 2.05) is 6.07 Å². The van der Waals surface area contributed by atoms with E-state index in [0.29, 0.717) is 60.5 Å². The average Bonchev–Trinajstić information content (AvgIpc) is 2.75. The van der Waals surface area contributed by atoms with Crippen LogP contribution in [0.2, 0.25) is 10.0 Å². The molecule has 1 fully saturated rings. The standard InChI is InChI=1S/C21H24Cl2N4O3/c1-30-10-2-5-24-20(28)15-3-4-19(25-14-15)26-6-8-27(9-7-26)21(29)16-11-17(22)13-18(23)12-16/h3-4,11-14H,2,5-10H2,1H3,(H,24,28). The predicted molar refractivity (Wildman–Crippen MR) is 118 cm³/mol. The number of nitrogens with one attached hydrogen (secondary N) is 1. The van der Waals surface area contributed by atoms with E-state index in [0.717, 1.165) is 12.2 Å². The maximum atomic E-state index is 12.7. The normalized spacial score (nSPS) is 14.0. The molecule has 30 heavy (non-hydrogen) atoms. The first kappa shape index (κ1) is 22.3. The third kappa shape index (κ3) is 5.84. The molecule has 1 N–H and O–H groups in total. The summed E-state index contributed by atoms with van der Waals surface area (Å²) in [6.45, 7) is 3.59. The summed E-state index contributed by atoms with van der Waals surface area (Å²) in [5, 5.41) is 3.72. The molecule has 0 unspecified atom stereocenters. The van der Waals surface area contributed by atoms with E-state index in [1.54, 1.807) is 42.5 Å². The van der Waals surface area contributed by atoms with Crippen molar-refractivity contribution in [2.24, 2.45) is 0 Å². The molecule has 1 aliphatic rings. The summed E-state index contributed by atoms with van der Waals surface area (Å²) < 4.78 is 4.96. The zero-order valence-corrected chi connectivity index (χ0v) is 18.2. The number of piperazine rings is 1. The highest BCUT2D eigenvalue weighted by atomic mass is 35.5. The molecule has 0 radical (unpaired) electrons. The molecule has 7 nitrogen and oxygen atoms in total. The Morgan fingerprint density at radius 2 is 1.77 bits per heavy atom. The van der Waals surface area contributed by atoms with Crippen LogP contribution in [0, 0.1) is 0 Å². The minimum atomic E-state index is -0.152. The maximum Gasteiger partial charge on any atom is 0.254 e. The topological polar surface area (TPSA) is 74.8 Å². The lowest BCUT2D eigenvalue weighted by atomic mass is 10.1. The molecule has 0 saturated carbocycles. The fourth-order valence-corrected chi connectivity index (χ4v) is 3.75. The van der Waals surface area contributed by atoms with Crippen molar-refractivity contribution in [3.63, 3.8) is 0 Å². The molecule has 9 heteroatoms. The second-order valence-electron chi connectivity index (χ2n) is 6.94. The van der Waals surface area contributed by atoms with Crippen molar-refractivity contribution in [3.8, 4) is 0 Å². The number of hydrogen-bond acceptors (Lipinski definition) is 5. The average molecular weight is 451 g/mol. The number of hydrogen-bond donors (Lipinski definition) is 1. The lowest BCUT2D eigenvalue weighted by Gasteiger charge is -2.35. The van der Waals surface area contributed by atoms with Crippen LogP contribution < -0.4 is 10.2 Å². The first-order valence-corrected chi connectivity index (χ1v) is 10.5. The number of pyridine rings is 1. The number of carbonyl (C=O) groups is 2. The number of ether oxygens (including phenoxy) is 1. The predicted octanol–water partition coefficient (Wildman–Crippen LogP) is 3.12. The highest BCUT2D eigenvalue weighted by molar-refractivity contribution is 6.35. The second-order valence-corrected chi connectivity index (χ2v) is 7.82. The summed E-state index contributed by atoms with van der Waals surface area (Å²) in [6.07, 6.45) is 2.34. The zero-order chi connectivity index (χ0) is 21.5. The third-order valence-electron chi connectivity index (χ3n) is 4.82. The van der Waals surface area contributed by atoms with Gasteiger partial charge in [0, 0.05) is 68.2 Å². The number of benzene rings is 1. The van der Waals surface area contributed by atoms with Gasteiger partial charge < -0.3 is 19.9 Å². The molecule has 2 aromatic rings. The van der Waals surface area contributed by atoms with Crippen LogP contribution in [0.15, 0.2) is 36.5 Å². The van der Waals surface area contributed by atoms with Crippen molar-refractivity contribution < 1.29 is 14.3 Å². The summed E-state index contributed by atoms with van der Waals surface area (Å²) in [7, 11) is 1.63. The summed E-state index contributed by atoms with van der Waals surface area (Å²) in [5.74, 6) is 0.539. The van der Waals surface area contributed by atoms with Gasteiger partial charge in [-0.2, -0.15) is 0 Å². The van der Waals surface area contributed by atoms with Crippen molar-refractivity contribution in [2.45, 2.75) is 6.42 Å². The van der Waals surface area contributed by atoms with Crippen molar-refractivity contribution >= 4 is 40.8 Å². The molecule has 0 aliphatic carbocycles. The summed E-state index contributed by atoms with van der Waals surface area (Å²) >= 11 is 12.0. The fourth-order valence-electron chi connectivity index (χ4n) is 3.23. The molecule has 2 amide bonds. The van der Waals surface area contributed by atoms with E-state index in [9.17, 15) is 9.59 Å². The van der Waals surface area contributed by atoms with E-state index in [1.165, 1.54) is 0 Å². The third-order valence-corrected chi connectivity index (χ3v) is 5.26. The van der Waals surface area contributed by atoms with E-state index < -0.39 is 0 Å². The number of methoxy groups -OCH3 is 1. The highest BCUT2D eigenvalue weighted by Gasteiger charge is 2.23. The molecule has 3 rings (SSSR count). The van der Waals surface area contributed by atoms with Crippen molar-refractivity contribution in [2.75, 3.05) is 51.3 Å². The summed E-state index contributed by atoms with van der Waals surface area (Å²) in [5.41, 5.74) is 1.00. The monoisotopic (exact) mass is 450 g/mol. The first-order chi connectivity index (χ1) is 14.5. The smallest absolute Gasteiger partial charge is 0.254 e. The van der Waals surface area contributed by atoms with Crippen LogP contribution >= 0.6 is 23.2 Å². The van der Waals surface area contributed by atoms with Gasteiger partial charge in [-0.25, -0.2) is 4.98 Å².